The minimum Gasteiger partial charge on any atom is -0.465 e. The van der Waals surface area contributed by atoms with Crippen molar-refractivity contribution in [2.75, 3.05) is 7.11 Å². The minimum atomic E-state index is -0.789. The third-order valence-corrected chi connectivity index (χ3v) is 6.79. The summed E-state index contributed by atoms with van der Waals surface area (Å²) in [5, 5.41) is 13.5. The number of ether oxygens (including phenoxy) is 3. The molecule has 0 saturated heterocycles. The number of rotatable bonds is 4. The highest BCUT2D eigenvalue weighted by Crippen LogP contribution is 2.51. The summed E-state index contributed by atoms with van der Waals surface area (Å²) < 4.78 is 17.3. The van der Waals surface area contributed by atoms with Gasteiger partial charge in [0, 0.05) is 30.5 Å². The molecule has 2 saturated carbocycles. The maximum atomic E-state index is 12.0. The molecule has 154 valence electrons. The van der Waals surface area contributed by atoms with Gasteiger partial charge in [-0.1, -0.05) is 11.6 Å². The van der Waals surface area contributed by atoms with Gasteiger partial charge >= 0.3 is 5.97 Å². The number of hydrogen-bond donors (Lipinski definition) is 2. The number of carbonyl (C=O) groups excluding carboxylic acids is 1. The molecule has 2 aliphatic carbocycles. The molecule has 1 heterocycles. The Kier molecular flexibility index (Phi) is 5.23. The Balaban J connectivity index is 1.44. The average molecular weight is 410 g/mol. The molecule has 1 atom stereocenters. The number of nitrogens with one attached hydrogen (secondary N) is 1. The van der Waals surface area contributed by atoms with E-state index in [4.69, 9.17) is 25.8 Å². The summed E-state index contributed by atoms with van der Waals surface area (Å²) in [6.07, 6.45) is 5.66. The summed E-state index contributed by atoms with van der Waals surface area (Å²) in [5.74, 6) is 0.0644. The van der Waals surface area contributed by atoms with Crippen molar-refractivity contribution < 1.29 is 24.1 Å². The summed E-state index contributed by atoms with van der Waals surface area (Å²) in [5.41, 5.74) is 1.09. The minimum absolute atomic E-state index is 0.130. The van der Waals surface area contributed by atoms with Crippen molar-refractivity contribution in [2.45, 2.75) is 76.3 Å². The van der Waals surface area contributed by atoms with Gasteiger partial charge in [0.15, 0.2) is 11.5 Å². The zero-order valence-electron chi connectivity index (χ0n) is 16.6. The van der Waals surface area contributed by atoms with Crippen LogP contribution >= 0.6 is 11.6 Å². The first-order valence-electron chi connectivity index (χ1n) is 10.0. The molecule has 28 heavy (non-hydrogen) atoms. The van der Waals surface area contributed by atoms with Crippen LogP contribution in [0.5, 0.6) is 11.5 Å². The van der Waals surface area contributed by atoms with E-state index in [1.54, 1.807) is 6.07 Å². The molecule has 1 unspecified atom stereocenters. The van der Waals surface area contributed by atoms with Crippen LogP contribution in [0.15, 0.2) is 6.07 Å². The third kappa shape index (κ3) is 3.46. The second-order valence-corrected chi connectivity index (χ2v) is 8.85. The number of aliphatic hydroxyl groups is 1. The van der Waals surface area contributed by atoms with E-state index in [1.165, 1.54) is 7.11 Å². The predicted octanol–water partition coefficient (Wildman–Crippen LogP) is 3.59. The van der Waals surface area contributed by atoms with Crippen LogP contribution in [0.25, 0.3) is 0 Å². The smallest absolute Gasteiger partial charge is 0.338 e. The van der Waals surface area contributed by atoms with Gasteiger partial charge in [-0.15, -0.1) is 0 Å². The quantitative estimate of drug-likeness (QED) is 0.740. The summed E-state index contributed by atoms with van der Waals surface area (Å²) in [4.78, 5) is 12.0. The Morgan fingerprint density at radius 3 is 2.46 bits per heavy atom. The molecule has 0 spiro atoms. The van der Waals surface area contributed by atoms with Crippen LogP contribution in [0.1, 0.15) is 61.4 Å². The number of benzene rings is 1. The van der Waals surface area contributed by atoms with Gasteiger partial charge < -0.3 is 24.6 Å². The molecular formula is C21H28ClNO5. The Hall–Kier alpha value is -1.50. The van der Waals surface area contributed by atoms with E-state index in [0.29, 0.717) is 39.7 Å². The fourth-order valence-electron chi connectivity index (χ4n) is 4.68. The average Bonchev–Trinajstić information content (AvgIpc) is 3.03. The SMILES string of the molecule is COC(=O)c1cc(Cl)c2c(c1C)OC(C)(C1CCC(N[C@H]3C[C@H](O)C3)CC1)O2. The highest BCUT2D eigenvalue weighted by molar-refractivity contribution is 6.32. The first-order chi connectivity index (χ1) is 13.3. The number of carbonyl (C=O) groups is 1. The van der Waals surface area contributed by atoms with Crippen LogP contribution in [-0.2, 0) is 4.74 Å². The van der Waals surface area contributed by atoms with Crippen molar-refractivity contribution in [1.82, 2.24) is 5.32 Å². The van der Waals surface area contributed by atoms with E-state index < -0.39 is 11.8 Å². The van der Waals surface area contributed by atoms with Crippen LogP contribution in [0, 0.1) is 12.8 Å². The molecule has 0 bridgehead atoms. The van der Waals surface area contributed by atoms with E-state index in [1.807, 2.05) is 13.8 Å². The molecule has 0 radical (unpaired) electrons. The normalized spacial score (nSPS) is 34.0. The lowest BCUT2D eigenvalue weighted by Gasteiger charge is -2.40. The number of aliphatic hydroxyl groups excluding tert-OH is 1. The molecular weight excluding hydrogens is 382 g/mol. The molecule has 1 aromatic rings. The molecule has 0 amide bonds. The summed E-state index contributed by atoms with van der Waals surface area (Å²) >= 11 is 6.39. The maximum absolute atomic E-state index is 12.0. The molecule has 7 heteroatoms. The van der Waals surface area contributed by atoms with E-state index in [2.05, 4.69) is 5.32 Å². The molecule has 3 aliphatic rings. The first kappa shape index (κ1) is 19.8. The van der Waals surface area contributed by atoms with Gasteiger partial charge in [-0.2, -0.15) is 0 Å². The van der Waals surface area contributed by atoms with E-state index in [-0.39, 0.29) is 12.0 Å². The molecule has 1 aromatic carbocycles. The van der Waals surface area contributed by atoms with E-state index in [9.17, 15) is 9.90 Å². The van der Waals surface area contributed by atoms with Gasteiger partial charge in [-0.3, -0.25) is 0 Å². The Morgan fingerprint density at radius 1 is 1.21 bits per heavy atom. The Morgan fingerprint density at radius 2 is 1.86 bits per heavy atom. The van der Waals surface area contributed by atoms with Crippen molar-refractivity contribution in [2.24, 2.45) is 5.92 Å². The van der Waals surface area contributed by atoms with Gasteiger partial charge in [0.1, 0.15) is 0 Å². The molecule has 0 aromatic heterocycles. The van der Waals surface area contributed by atoms with Crippen LogP contribution < -0.4 is 14.8 Å². The van der Waals surface area contributed by atoms with Crippen molar-refractivity contribution >= 4 is 17.6 Å². The lowest BCUT2D eigenvalue weighted by atomic mass is 9.80. The summed E-state index contributed by atoms with van der Waals surface area (Å²) in [6, 6.07) is 2.52. The monoisotopic (exact) mass is 409 g/mol. The Labute approximate surface area is 170 Å². The second-order valence-electron chi connectivity index (χ2n) is 8.44. The van der Waals surface area contributed by atoms with Crippen molar-refractivity contribution in [3.05, 3.63) is 22.2 Å². The standard InChI is InChI=1S/C21H28ClNO5/c1-11-16(20(25)26-3)10-17(22)19-18(11)27-21(2,28-19)12-4-6-13(7-5-12)23-14-8-15(24)9-14/h10,12-15,23-24H,4-9H2,1-3H3/t12?,13?,14-,15-,21?. The number of esters is 1. The first-order valence-corrected chi connectivity index (χ1v) is 10.4. The van der Waals surface area contributed by atoms with Gasteiger partial charge in [-0.05, 0) is 51.5 Å². The van der Waals surface area contributed by atoms with Crippen LogP contribution in [0.2, 0.25) is 5.02 Å². The van der Waals surface area contributed by atoms with E-state index >= 15 is 0 Å². The highest BCUT2D eigenvalue weighted by atomic mass is 35.5. The van der Waals surface area contributed by atoms with Gasteiger partial charge in [0.25, 0.3) is 5.79 Å². The predicted molar refractivity (Wildman–Crippen MR) is 105 cm³/mol. The summed E-state index contributed by atoms with van der Waals surface area (Å²) in [7, 11) is 1.35. The zero-order valence-corrected chi connectivity index (χ0v) is 17.3. The van der Waals surface area contributed by atoms with Crippen molar-refractivity contribution in [3.63, 3.8) is 0 Å². The highest BCUT2D eigenvalue weighted by Gasteiger charge is 2.47. The topological polar surface area (TPSA) is 77.0 Å². The molecule has 2 N–H and O–H groups in total. The lowest BCUT2D eigenvalue weighted by molar-refractivity contribution is -0.121. The second kappa shape index (κ2) is 7.39. The number of halogens is 1. The molecule has 2 fully saturated rings. The van der Waals surface area contributed by atoms with E-state index in [0.717, 1.165) is 38.5 Å². The molecule has 4 rings (SSSR count). The fraction of sp³-hybridized carbons (Fsp3) is 0.667. The van der Waals surface area contributed by atoms with Crippen molar-refractivity contribution in [3.8, 4) is 11.5 Å². The van der Waals surface area contributed by atoms with Crippen LogP contribution in [0.3, 0.4) is 0 Å². The van der Waals surface area contributed by atoms with Gasteiger partial charge in [-0.25, -0.2) is 4.79 Å². The molecule has 1 aliphatic heterocycles. The maximum Gasteiger partial charge on any atom is 0.338 e. The lowest BCUT2D eigenvalue weighted by Crippen LogP contribution is -2.51. The zero-order chi connectivity index (χ0) is 20.1. The van der Waals surface area contributed by atoms with Gasteiger partial charge in [0.05, 0.1) is 23.8 Å². The largest absolute Gasteiger partial charge is 0.465 e. The number of hydrogen-bond acceptors (Lipinski definition) is 6. The fourth-order valence-corrected chi connectivity index (χ4v) is 4.91. The van der Waals surface area contributed by atoms with Gasteiger partial charge in [0.2, 0.25) is 0 Å². The van der Waals surface area contributed by atoms with Crippen LogP contribution in [0.4, 0.5) is 0 Å². The molecule has 6 nitrogen and oxygen atoms in total. The Bertz CT molecular complexity index is 771. The third-order valence-electron chi connectivity index (χ3n) is 6.51. The number of methoxy groups -OCH3 is 1. The van der Waals surface area contributed by atoms with Crippen molar-refractivity contribution in [1.29, 1.82) is 0 Å². The summed E-state index contributed by atoms with van der Waals surface area (Å²) in [6.45, 7) is 3.78. The van der Waals surface area contributed by atoms with Crippen LogP contribution in [-0.4, -0.2) is 42.2 Å². The number of fused-ring (bicyclic) bond motifs is 1.